The van der Waals surface area contributed by atoms with Gasteiger partial charge in [-0.3, -0.25) is 0 Å². The normalized spacial score (nSPS) is 9.88. The quantitative estimate of drug-likeness (QED) is 0.586. The molecule has 0 aliphatic heterocycles. The molecule has 0 saturated carbocycles. The maximum atomic E-state index is 8.32. The number of hydrogen-bond donors (Lipinski definition) is 0. The van der Waals surface area contributed by atoms with Gasteiger partial charge in [0.1, 0.15) is 5.40 Å². The molecule has 0 spiro atoms. The van der Waals surface area contributed by atoms with Crippen LogP contribution in [0.5, 0.6) is 5.75 Å². The zero-order chi connectivity index (χ0) is 12.0. The minimum absolute atomic E-state index is 0.394. The maximum Gasteiger partial charge on any atom is 0.156 e. The molecule has 1 aromatic rings. The van der Waals surface area contributed by atoms with Crippen molar-refractivity contribution < 1.29 is 4.74 Å². The lowest BCUT2D eigenvalue weighted by Crippen LogP contribution is -1.99. The van der Waals surface area contributed by atoms with Gasteiger partial charge in [0.2, 0.25) is 0 Å². The second kappa shape index (κ2) is 7.13. The van der Waals surface area contributed by atoms with E-state index in [1.807, 2.05) is 5.40 Å². The van der Waals surface area contributed by atoms with Crippen LogP contribution >= 0.6 is 46.6 Å². The Kier molecular flexibility index (Phi) is 6.15. The van der Waals surface area contributed by atoms with Crippen LogP contribution in [-0.2, 0) is 0 Å². The first kappa shape index (κ1) is 13.8. The van der Waals surface area contributed by atoms with E-state index in [0.29, 0.717) is 27.4 Å². The molecule has 0 atom stereocenters. The lowest BCUT2D eigenvalue weighted by atomic mass is 10.3. The number of hydrogen-bond acceptors (Lipinski definition) is 3. The minimum Gasteiger partial charge on any atom is -0.490 e. The standard InChI is InChI=1S/C10H8Cl3NOS/c11-7-4-8(12)10(9(13)5-7)15-2-1-3-16-6-14/h4-5H,1-3H2. The van der Waals surface area contributed by atoms with E-state index in [1.54, 1.807) is 12.1 Å². The molecule has 16 heavy (non-hydrogen) atoms. The highest BCUT2D eigenvalue weighted by Gasteiger charge is 2.08. The van der Waals surface area contributed by atoms with Gasteiger partial charge in [-0.15, -0.1) is 0 Å². The second-order valence-corrected chi connectivity index (χ2v) is 4.97. The van der Waals surface area contributed by atoms with Crippen LogP contribution in [0.2, 0.25) is 15.1 Å². The van der Waals surface area contributed by atoms with Crippen LogP contribution in [-0.4, -0.2) is 12.4 Å². The molecule has 0 saturated heterocycles. The lowest BCUT2D eigenvalue weighted by molar-refractivity contribution is 0.319. The number of rotatable bonds is 5. The van der Waals surface area contributed by atoms with Gasteiger partial charge in [-0.25, -0.2) is 0 Å². The molecule has 0 aromatic heterocycles. The Hall–Kier alpha value is -0.270. The van der Waals surface area contributed by atoms with E-state index in [1.165, 1.54) is 11.8 Å². The van der Waals surface area contributed by atoms with Crippen molar-refractivity contribution in [3.63, 3.8) is 0 Å². The fourth-order valence-corrected chi connectivity index (χ4v) is 2.30. The molecule has 0 bridgehead atoms. The molecule has 6 heteroatoms. The van der Waals surface area contributed by atoms with Crippen molar-refractivity contribution in [1.29, 1.82) is 5.26 Å². The molecule has 1 aromatic carbocycles. The molecule has 0 fully saturated rings. The van der Waals surface area contributed by atoms with E-state index in [4.69, 9.17) is 44.8 Å². The molecule has 0 heterocycles. The van der Waals surface area contributed by atoms with Gasteiger partial charge in [-0.05, 0) is 30.3 Å². The van der Waals surface area contributed by atoms with Crippen LogP contribution in [0.1, 0.15) is 6.42 Å². The van der Waals surface area contributed by atoms with Gasteiger partial charge in [0.05, 0.1) is 16.7 Å². The highest BCUT2D eigenvalue weighted by Crippen LogP contribution is 2.35. The number of thioether (sulfide) groups is 1. The van der Waals surface area contributed by atoms with Crippen molar-refractivity contribution in [3.8, 4) is 11.2 Å². The summed E-state index contributed by atoms with van der Waals surface area (Å²) in [6.07, 6.45) is 0.757. The molecule has 0 aliphatic carbocycles. The summed E-state index contributed by atoms with van der Waals surface area (Å²) in [6, 6.07) is 3.16. The van der Waals surface area contributed by atoms with Gasteiger partial charge >= 0.3 is 0 Å². The first-order valence-electron chi connectivity index (χ1n) is 4.43. The van der Waals surface area contributed by atoms with Gasteiger partial charge in [0, 0.05) is 10.8 Å². The zero-order valence-corrected chi connectivity index (χ0v) is 11.3. The summed E-state index contributed by atoms with van der Waals surface area (Å²) in [7, 11) is 0. The fraction of sp³-hybridized carbons (Fsp3) is 0.300. The lowest BCUT2D eigenvalue weighted by Gasteiger charge is -2.09. The number of thiocyanates is 1. The molecule has 0 N–H and O–H groups in total. The monoisotopic (exact) mass is 295 g/mol. The Morgan fingerprint density at radius 2 is 1.88 bits per heavy atom. The summed E-state index contributed by atoms with van der Waals surface area (Å²) in [5.41, 5.74) is 0. The molecular weight excluding hydrogens is 289 g/mol. The van der Waals surface area contributed by atoms with E-state index in [0.717, 1.165) is 12.2 Å². The smallest absolute Gasteiger partial charge is 0.156 e. The third-order valence-electron chi connectivity index (χ3n) is 1.66. The predicted molar refractivity (Wildman–Crippen MR) is 69.7 cm³/mol. The summed E-state index contributed by atoms with van der Waals surface area (Å²) in [5, 5.41) is 11.6. The van der Waals surface area contributed by atoms with Crippen molar-refractivity contribution in [1.82, 2.24) is 0 Å². The summed E-state index contributed by atoms with van der Waals surface area (Å²) >= 11 is 18.8. The Balaban J connectivity index is 2.51. The average Bonchev–Trinajstić information content (AvgIpc) is 2.20. The topological polar surface area (TPSA) is 33.0 Å². The minimum atomic E-state index is 0.394. The van der Waals surface area contributed by atoms with Crippen LogP contribution in [0.15, 0.2) is 12.1 Å². The van der Waals surface area contributed by atoms with Crippen LogP contribution in [0.3, 0.4) is 0 Å². The fourth-order valence-electron chi connectivity index (χ4n) is 1.02. The highest BCUT2D eigenvalue weighted by atomic mass is 35.5. The molecule has 2 nitrogen and oxygen atoms in total. The van der Waals surface area contributed by atoms with Crippen LogP contribution in [0.25, 0.3) is 0 Å². The van der Waals surface area contributed by atoms with Gasteiger partial charge in [0.25, 0.3) is 0 Å². The number of benzene rings is 1. The largest absolute Gasteiger partial charge is 0.490 e. The first-order valence-corrected chi connectivity index (χ1v) is 6.55. The summed E-state index contributed by atoms with van der Waals surface area (Å²) in [6.45, 7) is 0.468. The molecule has 1 rings (SSSR count). The van der Waals surface area contributed by atoms with Crippen LogP contribution < -0.4 is 4.74 Å². The number of halogens is 3. The number of ether oxygens (including phenoxy) is 1. The van der Waals surface area contributed by atoms with Crippen molar-refractivity contribution in [3.05, 3.63) is 27.2 Å². The molecule has 0 radical (unpaired) electrons. The summed E-state index contributed by atoms with van der Waals surface area (Å²) < 4.78 is 5.42. The average molecular weight is 297 g/mol. The Morgan fingerprint density at radius 1 is 1.25 bits per heavy atom. The second-order valence-electron chi connectivity index (χ2n) is 2.84. The van der Waals surface area contributed by atoms with Gasteiger partial charge in [0.15, 0.2) is 5.75 Å². The van der Waals surface area contributed by atoms with Crippen molar-refractivity contribution in [2.24, 2.45) is 0 Å². The summed E-state index contributed by atoms with van der Waals surface area (Å²) in [4.78, 5) is 0. The number of nitrogens with zero attached hydrogens (tertiary/aromatic N) is 1. The van der Waals surface area contributed by atoms with E-state index in [-0.39, 0.29) is 0 Å². The molecule has 0 aliphatic rings. The van der Waals surface area contributed by atoms with Crippen molar-refractivity contribution >= 4 is 46.6 Å². The summed E-state index contributed by atoms with van der Waals surface area (Å²) in [5.74, 6) is 1.16. The third kappa shape index (κ3) is 4.31. The maximum absolute atomic E-state index is 8.32. The van der Waals surface area contributed by atoms with Gasteiger partial charge < -0.3 is 4.74 Å². The third-order valence-corrected chi connectivity index (χ3v) is 3.07. The predicted octanol–water partition coefficient (Wildman–Crippen LogP) is 4.63. The van der Waals surface area contributed by atoms with Gasteiger partial charge in [-0.2, -0.15) is 5.26 Å². The molecule has 0 amide bonds. The van der Waals surface area contributed by atoms with Crippen LogP contribution in [0.4, 0.5) is 0 Å². The highest BCUT2D eigenvalue weighted by molar-refractivity contribution is 8.03. The Bertz CT molecular complexity index is 383. The van der Waals surface area contributed by atoms with Crippen molar-refractivity contribution in [2.45, 2.75) is 6.42 Å². The number of nitriles is 1. The molecule has 0 unspecified atom stereocenters. The van der Waals surface area contributed by atoms with E-state index in [2.05, 4.69) is 0 Å². The van der Waals surface area contributed by atoms with E-state index in [9.17, 15) is 0 Å². The molecular formula is C10H8Cl3NOS. The molecule has 86 valence electrons. The van der Waals surface area contributed by atoms with Crippen LogP contribution in [0, 0.1) is 10.7 Å². The van der Waals surface area contributed by atoms with Crippen molar-refractivity contribution in [2.75, 3.05) is 12.4 Å². The van der Waals surface area contributed by atoms with E-state index < -0.39 is 0 Å². The Morgan fingerprint density at radius 3 is 2.44 bits per heavy atom. The SMILES string of the molecule is N#CSCCCOc1c(Cl)cc(Cl)cc1Cl. The van der Waals surface area contributed by atoms with E-state index >= 15 is 0 Å². The Labute approximate surface area is 113 Å². The zero-order valence-electron chi connectivity index (χ0n) is 8.17. The van der Waals surface area contributed by atoms with Gasteiger partial charge in [-0.1, -0.05) is 34.8 Å². The first-order chi connectivity index (χ1) is 7.65.